The van der Waals surface area contributed by atoms with Crippen molar-refractivity contribution in [3.63, 3.8) is 0 Å². The van der Waals surface area contributed by atoms with Gasteiger partial charge in [-0.1, -0.05) is 30.3 Å². The molecular weight excluding hydrogens is 318 g/mol. The van der Waals surface area contributed by atoms with Gasteiger partial charge in [-0.2, -0.15) is 0 Å². The van der Waals surface area contributed by atoms with E-state index in [9.17, 15) is 9.59 Å². The smallest absolute Gasteiger partial charge is 0.224 e. The van der Waals surface area contributed by atoms with Crippen LogP contribution in [0.1, 0.15) is 37.0 Å². The third-order valence-corrected chi connectivity index (χ3v) is 3.51. The van der Waals surface area contributed by atoms with Crippen LogP contribution in [0.3, 0.4) is 0 Å². The third-order valence-electron chi connectivity index (χ3n) is 3.51. The zero-order valence-electron chi connectivity index (χ0n) is 14.6. The Hall–Kier alpha value is -2.82. The van der Waals surface area contributed by atoms with Crippen LogP contribution in [0.2, 0.25) is 0 Å². The number of nitrogens with one attached hydrogen (secondary N) is 1. The normalized spacial score (nSPS) is 10.2. The molecule has 5 heteroatoms. The zero-order valence-corrected chi connectivity index (χ0v) is 14.6. The number of ketones is 1. The molecule has 0 aliphatic carbocycles. The number of rotatable bonds is 9. The highest BCUT2D eigenvalue weighted by atomic mass is 16.5. The number of carbonyl (C=O) groups is 2. The summed E-state index contributed by atoms with van der Waals surface area (Å²) in [7, 11) is 0. The fourth-order valence-corrected chi connectivity index (χ4v) is 2.35. The van der Waals surface area contributed by atoms with Crippen molar-refractivity contribution in [2.75, 3.05) is 18.5 Å². The average Bonchev–Trinajstić information content (AvgIpc) is 2.63. The minimum Gasteiger partial charge on any atom is -0.494 e. The summed E-state index contributed by atoms with van der Waals surface area (Å²) in [5.41, 5.74) is 1.16. The Kier molecular flexibility index (Phi) is 7.01. The van der Waals surface area contributed by atoms with E-state index in [-0.39, 0.29) is 24.5 Å². The second kappa shape index (κ2) is 9.47. The lowest BCUT2D eigenvalue weighted by molar-refractivity contribution is -0.116. The van der Waals surface area contributed by atoms with E-state index in [0.29, 0.717) is 36.0 Å². The topological polar surface area (TPSA) is 64.6 Å². The van der Waals surface area contributed by atoms with Gasteiger partial charge in [0.2, 0.25) is 5.91 Å². The molecule has 1 amide bonds. The van der Waals surface area contributed by atoms with Crippen LogP contribution in [0.15, 0.2) is 48.5 Å². The fourth-order valence-electron chi connectivity index (χ4n) is 2.35. The van der Waals surface area contributed by atoms with Gasteiger partial charge in [-0.05, 0) is 26.0 Å². The van der Waals surface area contributed by atoms with Crippen molar-refractivity contribution in [3.8, 4) is 11.5 Å². The minimum absolute atomic E-state index is 0.0520. The number of Topliss-reactive ketones (excluding diaryl/α,β-unsaturated/α-hetero) is 1. The Balaban J connectivity index is 1.99. The molecule has 0 atom stereocenters. The predicted octanol–water partition coefficient (Wildman–Crippen LogP) is 4.09. The van der Waals surface area contributed by atoms with Crippen LogP contribution in [-0.4, -0.2) is 24.9 Å². The monoisotopic (exact) mass is 341 g/mol. The van der Waals surface area contributed by atoms with Crippen molar-refractivity contribution in [2.45, 2.75) is 26.7 Å². The van der Waals surface area contributed by atoms with E-state index in [1.807, 2.05) is 19.9 Å². The van der Waals surface area contributed by atoms with Crippen molar-refractivity contribution in [1.29, 1.82) is 0 Å². The summed E-state index contributed by atoms with van der Waals surface area (Å²) in [6, 6.07) is 14.2. The highest BCUT2D eigenvalue weighted by Gasteiger charge is 2.12. The molecular formula is C20H23NO4. The summed E-state index contributed by atoms with van der Waals surface area (Å²) in [5.74, 6) is 0.943. The Morgan fingerprint density at radius 3 is 2.32 bits per heavy atom. The van der Waals surface area contributed by atoms with Crippen LogP contribution < -0.4 is 14.8 Å². The van der Waals surface area contributed by atoms with Gasteiger partial charge in [-0.25, -0.2) is 0 Å². The van der Waals surface area contributed by atoms with Gasteiger partial charge in [0.25, 0.3) is 0 Å². The molecule has 132 valence electrons. The van der Waals surface area contributed by atoms with Crippen molar-refractivity contribution in [1.82, 2.24) is 0 Å². The first-order chi connectivity index (χ1) is 12.1. The van der Waals surface area contributed by atoms with Crippen LogP contribution in [0.4, 0.5) is 5.69 Å². The summed E-state index contributed by atoms with van der Waals surface area (Å²) in [4.78, 5) is 24.3. The maximum atomic E-state index is 12.2. The number of hydrogen-bond donors (Lipinski definition) is 1. The van der Waals surface area contributed by atoms with Gasteiger partial charge in [-0.3, -0.25) is 9.59 Å². The number of anilines is 1. The lowest BCUT2D eigenvalue weighted by Crippen LogP contribution is -2.14. The molecule has 5 nitrogen and oxygen atoms in total. The highest BCUT2D eigenvalue weighted by molar-refractivity contribution is 6.00. The molecule has 1 N–H and O–H groups in total. The van der Waals surface area contributed by atoms with E-state index in [4.69, 9.17) is 9.47 Å². The molecule has 0 fully saturated rings. The van der Waals surface area contributed by atoms with Gasteiger partial charge in [0.05, 0.1) is 18.9 Å². The molecule has 0 unspecified atom stereocenters. The summed E-state index contributed by atoms with van der Waals surface area (Å²) in [6.07, 6.45) is 0.267. The number of amides is 1. The molecule has 0 radical (unpaired) electrons. The first-order valence-electron chi connectivity index (χ1n) is 8.41. The molecule has 0 aromatic heterocycles. The fraction of sp³-hybridized carbons (Fsp3) is 0.300. The number of hydrogen-bond acceptors (Lipinski definition) is 4. The lowest BCUT2D eigenvalue weighted by Gasteiger charge is -2.13. The molecule has 0 bridgehead atoms. The van der Waals surface area contributed by atoms with E-state index in [1.54, 1.807) is 42.5 Å². The van der Waals surface area contributed by atoms with Crippen LogP contribution in [0.5, 0.6) is 11.5 Å². The summed E-state index contributed by atoms with van der Waals surface area (Å²) >= 11 is 0. The van der Waals surface area contributed by atoms with E-state index in [2.05, 4.69) is 5.32 Å². The molecule has 0 aliphatic heterocycles. The summed E-state index contributed by atoms with van der Waals surface area (Å²) in [6.45, 7) is 4.79. The second-order valence-corrected chi connectivity index (χ2v) is 5.36. The zero-order chi connectivity index (χ0) is 18.1. The Morgan fingerprint density at radius 2 is 1.64 bits per heavy atom. The molecule has 0 aliphatic rings. The van der Waals surface area contributed by atoms with Gasteiger partial charge in [0, 0.05) is 24.5 Å². The van der Waals surface area contributed by atoms with Crippen LogP contribution in [-0.2, 0) is 4.79 Å². The third kappa shape index (κ3) is 5.64. The van der Waals surface area contributed by atoms with Crippen molar-refractivity contribution in [3.05, 3.63) is 54.1 Å². The van der Waals surface area contributed by atoms with E-state index >= 15 is 0 Å². The molecule has 0 heterocycles. The average molecular weight is 341 g/mol. The van der Waals surface area contributed by atoms with E-state index in [0.717, 1.165) is 0 Å². The van der Waals surface area contributed by atoms with E-state index in [1.165, 1.54) is 0 Å². The first kappa shape index (κ1) is 18.5. The Morgan fingerprint density at radius 1 is 0.920 bits per heavy atom. The van der Waals surface area contributed by atoms with Crippen LogP contribution in [0, 0.1) is 0 Å². The van der Waals surface area contributed by atoms with Crippen LogP contribution in [0.25, 0.3) is 0 Å². The molecule has 2 rings (SSSR count). The number of benzene rings is 2. The molecule has 0 saturated carbocycles. The van der Waals surface area contributed by atoms with Gasteiger partial charge < -0.3 is 14.8 Å². The van der Waals surface area contributed by atoms with Gasteiger partial charge in [-0.15, -0.1) is 0 Å². The molecule has 0 saturated heterocycles. The SMILES string of the molecule is CCOc1ccc(OCC)c(NC(=O)CCC(=O)c2ccccc2)c1. The van der Waals surface area contributed by atoms with Crippen molar-refractivity contribution < 1.29 is 19.1 Å². The maximum Gasteiger partial charge on any atom is 0.224 e. The molecule has 2 aromatic carbocycles. The highest BCUT2D eigenvalue weighted by Crippen LogP contribution is 2.29. The largest absolute Gasteiger partial charge is 0.494 e. The predicted molar refractivity (Wildman–Crippen MR) is 97.4 cm³/mol. The van der Waals surface area contributed by atoms with Gasteiger partial charge in [0.1, 0.15) is 11.5 Å². The quantitative estimate of drug-likeness (QED) is 0.698. The number of ether oxygens (including phenoxy) is 2. The second-order valence-electron chi connectivity index (χ2n) is 5.36. The molecule has 2 aromatic rings. The summed E-state index contributed by atoms with van der Waals surface area (Å²) in [5, 5.41) is 2.80. The van der Waals surface area contributed by atoms with E-state index < -0.39 is 0 Å². The maximum absolute atomic E-state index is 12.2. The first-order valence-corrected chi connectivity index (χ1v) is 8.41. The Labute approximate surface area is 148 Å². The summed E-state index contributed by atoms with van der Waals surface area (Å²) < 4.78 is 11.0. The van der Waals surface area contributed by atoms with Crippen molar-refractivity contribution >= 4 is 17.4 Å². The lowest BCUT2D eigenvalue weighted by atomic mass is 10.1. The van der Waals surface area contributed by atoms with Gasteiger partial charge in [0.15, 0.2) is 5.78 Å². The van der Waals surface area contributed by atoms with Crippen molar-refractivity contribution in [2.24, 2.45) is 0 Å². The Bertz CT molecular complexity index is 713. The van der Waals surface area contributed by atoms with Gasteiger partial charge >= 0.3 is 0 Å². The minimum atomic E-state index is -0.237. The standard InChI is InChI=1S/C20H23NO4/c1-3-24-16-10-12-19(25-4-2)17(14-16)21-20(23)13-11-18(22)15-8-6-5-7-9-15/h5-10,12,14H,3-4,11,13H2,1-2H3,(H,21,23). The molecule has 0 spiro atoms. The molecule has 25 heavy (non-hydrogen) atoms. The number of carbonyl (C=O) groups excluding carboxylic acids is 2. The van der Waals surface area contributed by atoms with Crippen LogP contribution >= 0.6 is 0 Å².